The molecule has 0 radical (unpaired) electrons. The number of rotatable bonds is 3. The molecule has 0 aliphatic rings. The van der Waals surface area contributed by atoms with Crippen LogP contribution in [0, 0.1) is 0 Å². The van der Waals surface area contributed by atoms with Crippen molar-refractivity contribution in [1.29, 1.82) is 0 Å². The van der Waals surface area contributed by atoms with Crippen molar-refractivity contribution in [2.75, 3.05) is 5.32 Å². The molecule has 3 aromatic rings. The van der Waals surface area contributed by atoms with Crippen molar-refractivity contribution in [3.63, 3.8) is 0 Å². The highest BCUT2D eigenvalue weighted by Crippen LogP contribution is 2.24. The molecule has 0 saturated heterocycles. The van der Waals surface area contributed by atoms with E-state index in [1.54, 1.807) is 18.5 Å². The summed E-state index contributed by atoms with van der Waals surface area (Å²) in [6.45, 7) is 0. The van der Waals surface area contributed by atoms with Gasteiger partial charge in [0.25, 0.3) is 5.91 Å². The lowest BCUT2D eigenvalue weighted by Crippen LogP contribution is -2.17. The molecule has 0 atom stereocenters. The van der Waals surface area contributed by atoms with Gasteiger partial charge in [0.05, 0.1) is 0 Å². The van der Waals surface area contributed by atoms with Gasteiger partial charge in [0.2, 0.25) is 0 Å². The number of anilines is 1. The minimum atomic E-state index is -4.76. The Morgan fingerprint density at radius 2 is 1.96 bits per heavy atom. The van der Waals surface area contributed by atoms with Crippen molar-refractivity contribution in [2.45, 2.75) is 6.36 Å². The molecule has 1 aromatic carbocycles. The molecule has 2 heterocycles. The number of hydrogen-bond donors (Lipinski definition) is 1. The van der Waals surface area contributed by atoms with Crippen LogP contribution < -0.4 is 10.1 Å². The van der Waals surface area contributed by atoms with Crippen molar-refractivity contribution >= 4 is 17.2 Å². The number of ether oxygens (including phenoxy) is 1. The van der Waals surface area contributed by atoms with Crippen LogP contribution in [-0.2, 0) is 0 Å². The molecule has 9 heteroatoms. The molecule has 0 aliphatic heterocycles. The van der Waals surface area contributed by atoms with E-state index in [4.69, 9.17) is 0 Å². The average molecular weight is 322 g/mol. The molecule has 118 valence electrons. The second kappa shape index (κ2) is 5.59. The van der Waals surface area contributed by atoms with Gasteiger partial charge in [-0.15, -0.1) is 13.2 Å². The van der Waals surface area contributed by atoms with E-state index < -0.39 is 12.3 Å². The van der Waals surface area contributed by atoms with Crippen LogP contribution in [0.25, 0.3) is 5.65 Å². The van der Waals surface area contributed by atoms with Gasteiger partial charge in [0.15, 0.2) is 11.3 Å². The number of fused-ring (bicyclic) bond motifs is 1. The number of carbonyl (C=O) groups excluding carboxylic acids is 1. The van der Waals surface area contributed by atoms with E-state index in [-0.39, 0.29) is 11.4 Å². The van der Waals surface area contributed by atoms with Gasteiger partial charge in [-0.1, -0.05) is 0 Å². The quantitative estimate of drug-likeness (QED) is 0.805. The Morgan fingerprint density at radius 1 is 1.22 bits per heavy atom. The maximum Gasteiger partial charge on any atom is 0.573 e. The summed E-state index contributed by atoms with van der Waals surface area (Å²) in [6.07, 6.45) is -1.55. The van der Waals surface area contributed by atoms with Gasteiger partial charge < -0.3 is 10.1 Å². The highest BCUT2D eigenvalue weighted by molar-refractivity contribution is 6.03. The van der Waals surface area contributed by atoms with E-state index in [1.165, 1.54) is 22.7 Å². The third-order valence-corrected chi connectivity index (χ3v) is 2.81. The number of halogens is 3. The summed E-state index contributed by atoms with van der Waals surface area (Å²) in [6, 6.07) is 7.97. The van der Waals surface area contributed by atoms with Crippen LogP contribution in [0.15, 0.2) is 48.8 Å². The molecule has 0 unspecified atom stereocenters. The highest BCUT2D eigenvalue weighted by atomic mass is 19.4. The molecule has 23 heavy (non-hydrogen) atoms. The maximum absolute atomic E-state index is 12.1. The third-order valence-electron chi connectivity index (χ3n) is 2.81. The van der Waals surface area contributed by atoms with Crippen LogP contribution >= 0.6 is 0 Å². The van der Waals surface area contributed by atoms with E-state index in [1.807, 2.05) is 0 Å². The zero-order valence-electron chi connectivity index (χ0n) is 11.4. The van der Waals surface area contributed by atoms with Crippen molar-refractivity contribution in [2.24, 2.45) is 0 Å². The molecule has 0 bridgehead atoms. The summed E-state index contributed by atoms with van der Waals surface area (Å²) in [5.74, 6) is -0.868. The van der Waals surface area contributed by atoms with Crippen molar-refractivity contribution in [3.8, 4) is 5.75 Å². The van der Waals surface area contributed by atoms with E-state index >= 15 is 0 Å². The normalized spacial score (nSPS) is 11.4. The molecular formula is C14H9F3N4O2. The van der Waals surface area contributed by atoms with E-state index in [0.29, 0.717) is 11.3 Å². The van der Waals surface area contributed by atoms with Crippen LogP contribution in [0.5, 0.6) is 5.75 Å². The first-order chi connectivity index (χ1) is 10.9. The standard InChI is InChI=1S/C14H9F3N4O2/c15-14(16,17)23-10-4-2-9(3-5-10)19-13(22)11-8-12-18-6-1-7-21(12)20-11/h1-8H,(H,19,22). The molecule has 0 spiro atoms. The second-order valence-electron chi connectivity index (χ2n) is 4.48. The van der Waals surface area contributed by atoms with Gasteiger partial charge in [0, 0.05) is 24.1 Å². The van der Waals surface area contributed by atoms with Gasteiger partial charge >= 0.3 is 6.36 Å². The second-order valence-corrected chi connectivity index (χ2v) is 4.48. The van der Waals surface area contributed by atoms with Crippen molar-refractivity contribution in [3.05, 3.63) is 54.5 Å². The number of nitrogens with zero attached hydrogens (tertiary/aromatic N) is 3. The van der Waals surface area contributed by atoms with E-state index in [2.05, 4.69) is 20.1 Å². The lowest BCUT2D eigenvalue weighted by Gasteiger charge is -2.09. The molecule has 0 saturated carbocycles. The highest BCUT2D eigenvalue weighted by Gasteiger charge is 2.30. The number of benzene rings is 1. The Hall–Kier alpha value is -3.10. The topological polar surface area (TPSA) is 68.5 Å². The minimum Gasteiger partial charge on any atom is -0.406 e. The Kier molecular flexibility index (Phi) is 3.61. The fourth-order valence-electron chi connectivity index (χ4n) is 1.88. The molecule has 3 rings (SSSR count). The fourth-order valence-corrected chi connectivity index (χ4v) is 1.88. The number of aromatic nitrogens is 3. The largest absolute Gasteiger partial charge is 0.573 e. The molecular weight excluding hydrogens is 313 g/mol. The van der Waals surface area contributed by atoms with Crippen LogP contribution in [0.1, 0.15) is 10.5 Å². The van der Waals surface area contributed by atoms with Gasteiger partial charge in [-0.3, -0.25) is 4.79 Å². The predicted molar refractivity (Wildman–Crippen MR) is 74.1 cm³/mol. The maximum atomic E-state index is 12.1. The van der Waals surface area contributed by atoms with Crippen molar-refractivity contribution in [1.82, 2.24) is 14.6 Å². The zero-order chi connectivity index (χ0) is 16.4. The van der Waals surface area contributed by atoms with Crippen LogP contribution in [0.3, 0.4) is 0 Å². The first kappa shape index (κ1) is 14.8. The minimum absolute atomic E-state index is 0.138. The lowest BCUT2D eigenvalue weighted by molar-refractivity contribution is -0.274. The summed E-state index contributed by atoms with van der Waals surface area (Å²) >= 11 is 0. The van der Waals surface area contributed by atoms with Crippen molar-refractivity contribution < 1.29 is 22.7 Å². The summed E-state index contributed by atoms with van der Waals surface area (Å²) in [4.78, 5) is 16.1. The number of nitrogens with one attached hydrogen (secondary N) is 1. The lowest BCUT2D eigenvalue weighted by atomic mass is 10.3. The Morgan fingerprint density at radius 3 is 2.61 bits per heavy atom. The van der Waals surface area contributed by atoms with Gasteiger partial charge in [0.1, 0.15) is 5.75 Å². The number of carbonyl (C=O) groups is 1. The van der Waals surface area contributed by atoms with Crippen LogP contribution in [0.4, 0.5) is 18.9 Å². The van der Waals surface area contributed by atoms with Gasteiger partial charge in [-0.25, -0.2) is 9.50 Å². The monoisotopic (exact) mass is 322 g/mol. The predicted octanol–water partition coefficient (Wildman–Crippen LogP) is 2.88. The van der Waals surface area contributed by atoms with E-state index in [9.17, 15) is 18.0 Å². The number of amides is 1. The van der Waals surface area contributed by atoms with Gasteiger partial charge in [-0.05, 0) is 30.3 Å². The van der Waals surface area contributed by atoms with E-state index in [0.717, 1.165) is 12.1 Å². The number of alkyl halides is 3. The Bertz CT molecular complexity index is 810. The summed E-state index contributed by atoms with van der Waals surface area (Å²) in [5, 5.41) is 6.57. The first-order valence-corrected chi connectivity index (χ1v) is 6.38. The first-order valence-electron chi connectivity index (χ1n) is 6.38. The molecule has 0 fully saturated rings. The SMILES string of the molecule is O=C(Nc1ccc(OC(F)(F)F)cc1)c1cc2ncccn2n1. The molecule has 1 amide bonds. The van der Waals surface area contributed by atoms with Crippen LogP contribution in [0.2, 0.25) is 0 Å². The summed E-state index contributed by atoms with van der Waals surface area (Å²) < 4.78 is 41.4. The smallest absolute Gasteiger partial charge is 0.406 e. The molecule has 6 nitrogen and oxygen atoms in total. The zero-order valence-corrected chi connectivity index (χ0v) is 11.4. The molecule has 2 aromatic heterocycles. The fraction of sp³-hybridized carbons (Fsp3) is 0.0714. The third kappa shape index (κ3) is 3.57. The Balaban J connectivity index is 1.72. The average Bonchev–Trinajstić information content (AvgIpc) is 2.92. The van der Waals surface area contributed by atoms with Crippen LogP contribution in [-0.4, -0.2) is 26.9 Å². The summed E-state index contributed by atoms with van der Waals surface area (Å²) in [5.41, 5.74) is 0.959. The van der Waals surface area contributed by atoms with Gasteiger partial charge in [-0.2, -0.15) is 5.10 Å². The molecule has 0 aliphatic carbocycles. The Labute approximate surface area is 127 Å². The molecule has 1 N–H and O–H groups in total. The summed E-state index contributed by atoms with van der Waals surface area (Å²) in [7, 11) is 0. The number of hydrogen-bond acceptors (Lipinski definition) is 4.